The Morgan fingerprint density at radius 1 is 1.17 bits per heavy atom. The number of rotatable bonds is 6. The summed E-state index contributed by atoms with van der Waals surface area (Å²) in [6, 6.07) is 14.0. The van der Waals surface area contributed by atoms with Gasteiger partial charge in [-0.05, 0) is 36.8 Å². The number of anilines is 1. The summed E-state index contributed by atoms with van der Waals surface area (Å²) in [5.41, 5.74) is 0.672. The Morgan fingerprint density at radius 3 is 2.62 bits per heavy atom. The van der Waals surface area contributed by atoms with Crippen LogP contribution in [0.15, 0.2) is 53.4 Å². The van der Waals surface area contributed by atoms with Gasteiger partial charge in [-0.15, -0.1) is 0 Å². The molecule has 0 aliphatic carbocycles. The van der Waals surface area contributed by atoms with Crippen molar-refractivity contribution in [3.63, 3.8) is 0 Å². The monoisotopic (exact) mass is 343 g/mol. The van der Waals surface area contributed by atoms with Gasteiger partial charge in [0.25, 0.3) is 15.9 Å². The Hall–Kier alpha value is -2.85. The number of nitriles is 1. The molecule has 0 spiro atoms. The first-order valence-electron chi connectivity index (χ1n) is 7.38. The fraction of sp³-hybridized carbons (Fsp3) is 0.176. The van der Waals surface area contributed by atoms with Crippen LogP contribution >= 0.6 is 0 Å². The molecule has 0 radical (unpaired) electrons. The number of carbonyl (C=O) groups is 1. The van der Waals surface area contributed by atoms with Crippen LogP contribution in [-0.4, -0.2) is 20.9 Å². The van der Waals surface area contributed by atoms with Crippen LogP contribution in [0.3, 0.4) is 0 Å². The number of benzene rings is 2. The highest BCUT2D eigenvalue weighted by Crippen LogP contribution is 2.20. The maximum atomic E-state index is 12.5. The number of carbonyl (C=O) groups excluding carboxylic acids is 1. The fourth-order valence-corrected chi connectivity index (χ4v) is 3.17. The normalized spacial score (nSPS) is 10.7. The summed E-state index contributed by atoms with van der Waals surface area (Å²) in [4.78, 5) is 12.1. The summed E-state index contributed by atoms with van der Waals surface area (Å²) >= 11 is 0. The van der Waals surface area contributed by atoms with Crippen molar-refractivity contribution in [2.75, 3.05) is 11.3 Å². The topological polar surface area (TPSA) is 99.1 Å². The van der Waals surface area contributed by atoms with Crippen molar-refractivity contribution in [2.45, 2.75) is 18.2 Å². The summed E-state index contributed by atoms with van der Waals surface area (Å²) in [7, 11) is -3.90. The molecule has 2 N–H and O–H groups in total. The number of nitrogens with zero attached hydrogens (tertiary/aromatic N) is 1. The van der Waals surface area contributed by atoms with Gasteiger partial charge in [-0.2, -0.15) is 5.26 Å². The second kappa shape index (κ2) is 7.62. The van der Waals surface area contributed by atoms with E-state index in [1.54, 1.807) is 18.2 Å². The van der Waals surface area contributed by atoms with Crippen LogP contribution < -0.4 is 10.0 Å². The average Bonchev–Trinajstić information content (AvgIpc) is 2.60. The number of sulfonamides is 1. The van der Waals surface area contributed by atoms with Crippen LogP contribution in [0.5, 0.6) is 0 Å². The van der Waals surface area contributed by atoms with Gasteiger partial charge in [-0.25, -0.2) is 8.42 Å². The number of amides is 1. The van der Waals surface area contributed by atoms with Gasteiger partial charge in [-0.1, -0.05) is 25.1 Å². The van der Waals surface area contributed by atoms with E-state index in [0.29, 0.717) is 6.54 Å². The van der Waals surface area contributed by atoms with Crippen molar-refractivity contribution < 1.29 is 13.2 Å². The van der Waals surface area contributed by atoms with Crippen LogP contribution in [0.2, 0.25) is 0 Å². The van der Waals surface area contributed by atoms with Crippen molar-refractivity contribution in [3.05, 3.63) is 59.7 Å². The minimum atomic E-state index is -3.90. The van der Waals surface area contributed by atoms with Crippen molar-refractivity contribution in [1.29, 1.82) is 5.26 Å². The smallest absolute Gasteiger partial charge is 0.261 e. The van der Waals surface area contributed by atoms with Gasteiger partial charge < -0.3 is 5.32 Å². The summed E-state index contributed by atoms with van der Waals surface area (Å²) in [5, 5.41) is 11.6. The van der Waals surface area contributed by atoms with Gasteiger partial charge >= 0.3 is 0 Å². The molecule has 0 saturated carbocycles. The van der Waals surface area contributed by atoms with E-state index in [-0.39, 0.29) is 27.6 Å². The Bertz CT molecular complexity index is 886. The van der Waals surface area contributed by atoms with E-state index < -0.39 is 10.0 Å². The molecule has 2 aromatic carbocycles. The van der Waals surface area contributed by atoms with Crippen LogP contribution in [0.1, 0.15) is 29.3 Å². The first-order chi connectivity index (χ1) is 11.5. The van der Waals surface area contributed by atoms with Gasteiger partial charge in [-0.3, -0.25) is 9.52 Å². The van der Waals surface area contributed by atoms with Crippen molar-refractivity contribution in [3.8, 4) is 6.07 Å². The summed E-state index contributed by atoms with van der Waals surface area (Å²) in [6.07, 6.45) is 0.778. The predicted octanol–water partition coefficient (Wildman–Crippen LogP) is 2.50. The van der Waals surface area contributed by atoms with Crippen molar-refractivity contribution in [2.24, 2.45) is 0 Å². The molecule has 0 atom stereocenters. The summed E-state index contributed by atoms with van der Waals surface area (Å²) in [6.45, 7) is 2.43. The average molecular weight is 343 g/mol. The lowest BCUT2D eigenvalue weighted by molar-refractivity contribution is 0.0954. The Labute approximate surface area is 141 Å². The highest BCUT2D eigenvalue weighted by molar-refractivity contribution is 7.92. The number of para-hydroxylation sites is 1. The molecule has 0 aliphatic rings. The third-order valence-corrected chi connectivity index (χ3v) is 4.59. The van der Waals surface area contributed by atoms with Crippen molar-refractivity contribution >= 4 is 21.6 Å². The molecule has 0 saturated heterocycles. The van der Waals surface area contributed by atoms with E-state index in [4.69, 9.17) is 5.26 Å². The number of nitrogens with one attached hydrogen (secondary N) is 2. The molecule has 2 rings (SSSR count). The standard InChI is InChI=1S/C17H17N3O3S/c1-2-10-19-17(21)15-8-3-4-9-16(15)20-24(22,23)14-7-5-6-13(11-14)12-18/h3-9,11,20H,2,10H2,1H3,(H,19,21). The number of hydrogen-bond donors (Lipinski definition) is 2. The van der Waals surface area contributed by atoms with E-state index in [9.17, 15) is 13.2 Å². The highest BCUT2D eigenvalue weighted by atomic mass is 32.2. The molecule has 2 aromatic rings. The van der Waals surface area contributed by atoms with Gasteiger partial charge in [0.05, 0.1) is 27.8 Å². The maximum Gasteiger partial charge on any atom is 0.261 e. The van der Waals surface area contributed by atoms with Gasteiger partial charge in [0, 0.05) is 6.54 Å². The molecule has 0 bridgehead atoms. The third-order valence-electron chi connectivity index (χ3n) is 3.23. The van der Waals surface area contributed by atoms with Crippen molar-refractivity contribution in [1.82, 2.24) is 5.32 Å². The molecular formula is C17H17N3O3S. The molecule has 1 amide bonds. The first-order valence-corrected chi connectivity index (χ1v) is 8.86. The predicted molar refractivity (Wildman–Crippen MR) is 91.0 cm³/mol. The molecule has 0 fully saturated rings. The molecule has 0 aromatic heterocycles. The first kappa shape index (κ1) is 17.5. The van der Waals surface area contributed by atoms with Gasteiger partial charge in [0.15, 0.2) is 0 Å². The summed E-state index contributed by atoms with van der Waals surface area (Å²) < 4.78 is 27.4. The minimum absolute atomic E-state index is 0.0367. The molecule has 0 unspecified atom stereocenters. The van der Waals surface area contributed by atoms with Gasteiger partial charge in [0.2, 0.25) is 0 Å². The Morgan fingerprint density at radius 2 is 1.92 bits per heavy atom. The largest absolute Gasteiger partial charge is 0.352 e. The van der Waals surface area contributed by atoms with E-state index in [1.165, 1.54) is 30.3 Å². The van der Waals surface area contributed by atoms with Crippen LogP contribution in [0.25, 0.3) is 0 Å². The van der Waals surface area contributed by atoms with Gasteiger partial charge in [0.1, 0.15) is 0 Å². The lowest BCUT2D eigenvalue weighted by atomic mass is 10.1. The van der Waals surface area contributed by atoms with E-state index in [1.807, 2.05) is 13.0 Å². The zero-order chi connectivity index (χ0) is 17.6. The minimum Gasteiger partial charge on any atom is -0.352 e. The molecule has 0 aliphatic heterocycles. The second-order valence-corrected chi connectivity index (χ2v) is 6.73. The molecule has 0 heterocycles. The molecule has 7 heteroatoms. The Balaban J connectivity index is 2.33. The molecule has 124 valence electrons. The van der Waals surface area contributed by atoms with Crippen LogP contribution in [0, 0.1) is 11.3 Å². The quantitative estimate of drug-likeness (QED) is 0.842. The lowest BCUT2D eigenvalue weighted by Crippen LogP contribution is -2.25. The second-order valence-electron chi connectivity index (χ2n) is 5.05. The highest BCUT2D eigenvalue weighted by Gasteiger charge is 2.18. The lowest BCUT2D eigenvalue weighted by Gasteiger charge is -2.12. The Kier molecular flexibility index (Phi) is 5.55. The maximum absolute atomic E-state index is 12.5. The third kappa shape index (κ3) is 4.12. The van der Waals surface area contributed by atoms with E-state index >= 15 is 0 Å². The fourth-order valence-electron chi connectivity index (χ4n) is 2.04. The van der Waals surface area contributed by atoms with Crippen LogP contribution in [0.4, 0.5) is 5.69 Å². The van der Waals surface area contributed by atoms with Crippen LogP contribution in [-0.2, 0) is 10.0 Å². The SMILES string of the molecule is CCCNC(=O)c1ccccc1NS(=O)(=O)c1cccc(C#N)c1. The van der Waals surface area contributed by atoms with E-state index in [2.05, 4.69) is 10.0 Å². The zero-order valence-electron chi connectivity index (χ0n) is 13.1. The zero-order valence-corrected chi connectivity index (χ0v) is 13.9. The molecule has 6 nitrogen and oxygen atoms in total. The summed E-state index contributed by atoms with van der Waals surface area (Å²) in [5.74, 6) is -0.346. The number of hydrogen-bond acceptors (Lipinski definition) is 4. The van der Waals surface area contributed by atoms with E-state index in [0.717, 1.165) is 6.42 Å². The molecular weight excluding hydrogens is 326 g/mol. The molecule has 24 heavy (non-hydrogen) atoms.